The lowest BCUT2D eigenvalue weighted by atomic mass is 9.91. The lowest BCUT2D eigenvalue weighted by molar-refractivity contribution is -0.143. The van der Waals surface area contributed by atoms with Gasteiger partial charge in [-0.1, -0.05) is 46.3 Å². The minimum Gasteiger partial charge on any atom is -0.494 e. The molecule has 1 heterocycles. The molecule has 0 aromatic heterocycles. The number of carboxylic acids is 1. The summed E-state index contributed by atoms with van der Waals surface area (Å²) in [6.07, 6.45) is 1.35. The van der Waals surface area contributed by atoms with Gasteiger partial charge in [-0.05, 0) is 56.6 Å². The van der Waals surface area contributed by atoms with Crippen molar-refractivity contribution in [3.05, 3.63) is 64.1 Å². The normalized spacial score (nSPS) is 17.0. The number of carbonyl (C=O) groups is 1. The highest BCUT2D eigenvalue weighted by atomic mass is 79.9. The maximum atomic E-state index is 11.3. The van der Waals surface area contributed by atoms with Crippen molar-refractivity contribution in [1.82, 2.24) is 4.90 Å². The zero-order chi connectivity index (χ0) is 18.5. The summed E-state index contributed by atoms with van der Waals surface area (Å²) in [4.78, 5) is 13.7. The number of carboxylic acid groups (broad SMARTS) is 1. The number of halogens is 1. The van der Waals surface area contributed by atoms with Crippen molar-refractivity contribution in [2.24, 2.45) is 5.92 Å². The van der Waals surface area contributed by atoms with Crippen molar-refractivity contribution in [2.75, 3.05) is 19.7 Å². The standard InChI is InChI=1S/C21H24BrNO3/c1-2-26-19-9-4-3-8-18(19)20(16-6-5-7-17(22)14-16)23-12-10-15(11-13-23)21(24)25/h3-9,14-15,20H,2,10-13H2,1H3,(H,24,25). The van der Waals surface area contributed by atoms with Crippen LogP contribution in [0.4, 0.5) is 0 Å². The van der Waals surface area contributed by atoms with Crippen LogP contribution in [0.3, 0.4) is 0 Å². The second kappa shape index (κ2) is 8.69. The molecule has 5 heteroatoms. The molecule has 1 N–H and O–H groups in total. The van der Waals surface area contributed by atoms with Gasteiger partial charge < -0.3 is 9.84 Å². The Hall–Kier alpha value is -1.85. The highest BCUT2D eigenvalue weighted by Gasteiger charge is 2.31. The number of aliphatic carboxylic acids is 1. The molecule has 3 rings (SSSR count). The third-order valence-corrected chi connectivity index (χ3v) is 5.42. The van der Waals surface area contributed by atoms with Crippen LogP contribution < -0.4 is 4.74 Å². The van der Waals surface area contributed by atoms with E-state index in [9.17, 15) is 9.90 Å². The number of likely N-dealkylation sites (tertiary alicyclic amines) is 1. The first-order chi connectivity index (χ1) is 12.6. The molecule has 1 atom stereocenters. The second-order valence-electron chi connectivity index (χ2n) is 6.58. The van der Waals surface area contributed by atoms with E-state index in [0.29, 0.717) is 19.4 Å². The monoisotopic (exact) mass is 417 g/mol. The molecule has 0 amide bonds. The van der Waals surface area contributed by atoms with Gasteiger partial charge >= 0.3 is 5.97 Å². The number of rotatable bonds is 6. The van der Waals surface area contributed by atoms with Gasteiger partial charge in [0.25, 0.3) is 0 Å². The van der Waals surface area contributed by atoms with E-state index < -0.39 is 5.97 Å². The van der Waals surface area contributed by atoms with Gasteiger partial charge in [-0.15, -0.1) is 0 Å². The summed E-state index contributed by atoms with van der Waals surface area (Å²) in [6, 6.07) is 16.5. The van der Waals surface area contributed by atoms with Gasteiger partial charge in [0.2, 0.25) is 0 Å². The van der Waals surface area contributed by atoms with Gasteiger partial charge in [0, 0.05) is 10.0 Å². The fourth-order valence-electron chi connectivity index (χ4n) is 3.66. The molecular formula is C21H24BrNO3. The number of nitrogens with zero attached hydrogens (tertiary/aromatic N) is 1. The summed E-state index contributed by atoms with van der Waals surface area (Å²) in [5.41, 5.74) is 2.31. The van der Waals surface area contributed by atoms with Gasteiger partial charge in [0.15, 0.2) is 0 Å². The second-order valence-corrected chi connectivity index (χ2v) is 7.49. The molecule has 0 aliphatic carbocycles. The molecule has 1 saturated heterocycles. The lowest BCUT2D eigenvalue weighted by Crippen LogP contribution is -2.39. The Balaban J connectivity index is 1.97. The van der Waals surface area contributed by atoms with Gasteiger partial charge in [-0.25, -0.2) is 0 Å². The van der Waals surface area contributed by atoms with Crippen LogP contribution in [-0.4, -0.2) is 35.7 Å². The van der Waals surface area contributed by atoms with Crippen LogP contribution in [0.5, 0.6) is 5.75 Å². The highest BCUT2D eigenvalue weighted by Crippen LogP contribution is 2.37. The van der Waals surface area contributed by atoms with Crippen LogP contribution in [0.25, 0.3) is 0 Å². The lowest BCUT2D eigenvalue weighted by Gasteiger charge is -2.37. The molecule has 0 bridgehead atoms. The topological polar surface area (TPSA) is 49.8 Å². The maximum absolute atomic E-state index is 11.3. The Bertz CT molecular complexity index is 756. The Morgan fingerprint density at radius 2 is 1.96 bits per heavy atom. The van der Waals surface area contributed by atoms with Crippen molar-refractivity contribution in [3.8, 4) is 5.75 Å². The van der Waals surface area contributed by atoms with Crippen molar-refractivity contribution in [3.63, 3.8) is 0 Å². The predicted molar refractivity (Wildman–Crippen MR) is 106 cm³/mol. The van der Waals surface area contributed by atoms with Crippen LogP contribution in [-0.2, 0) is 4.79 Å². The summed E-state index contributed by atoms with van der Waals surface area (Å²) in [6.45, 7) is 4.12. The quantitative estimate of drug-likeness (QED) is 0.737. The average Bonchev–Trinajstić information content (AvgIpc) is 2.64. The smallest absolute Gasteiger partial charge is 0.306 e. The van der Waals surface area contributed by atoms with E-state index in [4.69, 9.17) is 4.74 Å². The molecule has 0 radical (unpaired) electrons. The first kappa shape index (κ1) is 18.9. The summed E-state index contributed by atoms with van der Waals surface area (Å²) >= 11 is 3.58. The maximum Gasteiger partial charge on any atom is 0.306 e. The van der Waals surface area contributed by atoms with E-state index in [1.807, 2.05) is 37.3 Å². The van der Waals surface area contributed by atoms with Gasteiger partial charge in [-0.2, -0.15) is 0 Å². The molecule has 1 aliphatic heterocycles. The predicted octanol–water partition coefficient (Wildman–Crippen LogP) is 4.73. The fourth-order valence-corrected chi connectivity index (χ4v) is 4.08. The van der Waals surface area contributed by atoms with Crippen molar-refractivity contribution in [2.45, 2.75) is 25.8 Å². The molecule has 2 aromatic carbocycles. The minimum atomic E-state index is -0.682. The zero-order valence-electron chi connectivity index (χ0n) is 14.9. The SMILES string of the molecule is CCOc1ccccc1C(c1cccc(Br)c1)N1CCC(C(=O)O)CC1. The summed E-state index contributed by atoms with van der Waals surface area (Å²) < 4.78 is 6.92. The molecule has 4 nitrogen and oxygen atoms in total. The Morgan fingerprint density at radius 1 is 1.23 bits per heavy atom. The number of benzene rings is 2. The van der Waals surface area contributed by atoms with Gasteiger partial charge in [0.05, 0.1) is 18.6 Å². The fraction of sp³-hybridized carbons (Fsp3) is 0.381. The molecule has 26 heavy (non-hydrogen) atoms. The number of para-hydroxylation sites is 1. The number of hydrogen-bond donors (Lipinski definition) is 1. The van der Waals surface area contributed by atoms with E-state index >= 15 is 0 Å². The van der Waals surface area contributed by atoms with Crippen LogP contribution in [0.15, 0.2) is 53.0 Å². The van der Waals surface area contributed by atoms with Crippen LogP contribution in [0, 0.1) is 5.92 Å². The number of ether oxygens (including phenoxy) is 1. The first-order valence-electron chi connectivity index (χ1n) is 9.04. The van der Waals surface area contributed by atoms with Gasteiger partial charge in [-0.3, -0.25) is 9.69 Å². The average molecular weight is 418 g/mol. The molecule has 2 aromatic rings. The minimum absolute atomic E-state index is 0.0463. The van der Waals surface area contributed by atoms with Gasteiger partial charge in [0.1, 0.15) is 5.75 Å². The summed E-state index contributed by atoms with van der Waals surface area (Å²) in [5, 5.41) is 9.30. The van der Waals surface area contributed by atoms with E-state index in [1.165, 1.54) is 5.56 Å². The summed E-state index contributed by atoms with van der Waals surface area (Å²) in [5.74, 6) is -0.0322. The molecule has 0 spiro atoms. The third kappa shape index (κ3) is 4.27. The van der Waals surface area contributed by atoms with Crippen LogP contribution in [0.2, 0.25) is 0 Å². The Labute approximate surface area is 162 Å². The number of piperidine rings is 1. The molecule has 1 aliphatic rings. The number of hydrogen-bond acceptors (Lipinski definition) is 3. The third-order valence-electron chi connectivity index (χ3n) is 4.92. The van der Waals surface area contributed by atoms with Crippen LogP contribution >= 0.6 is 15.9 Å². The van der Waals surface area contributed by atoms with E-state index in [0.717, 1.165) is 28.9 Å². The first-order valence-corrected chi connectivity index (χ1v) is 9.83. The Kier molecular flexibility index (Phi) is 6.33. The van der Waals surface area contributed by atoms with Crippen molar-refractivity contribution < 1.29 is 14.6 Å². The molecule has 138 valence electrons. The van der Waals surface area contributed by atoms with Crippen LogP contribution in [0.1, 0.15) is 36.9 Å². The van der Waals surface area contributed by atoms with Crippen molar-refractivity contribution >= 4 is 21.9 Å². The van der Waals surface area contributed by atoms with E-state index in [-0.39, 0.29) is 12.0 Å². The molecule has 1 fully saturated rings. The van der Waals surface area contributed by atoms with Crippen molar-refractivity contribution in [1.29, 1.82) is 0 Å². The molecule has 0 saturated carbocycles. The zero-order valence-corrected chi connectivity index (χ0v) is 16.5. The largest absolute Gasteiger partial charge is 0.494 e. The molecule has 1 unspecified atom stereocenters. The summed E-state index contributed by atoms with van der Waals surface area (Å²) in [7, 11) is 0. The molecular weight excluding hydrogens is 394 g/mol. The van der Waals surface area contributed by atoms with E-state index in [1.54, 1.807) is 0 Å². The highest BCUT2D eigenvalue weighted by molar-refractivity contribution is 9.10. The Morgan fingerprint density at radius 3 is 2.62 bits per heavy atom. The van der Waals surface area contributed by atoms with E-state index in [2.05, 4.69) is 39.0 Å².